The molecular formula is C18H27N3O2S. The molecule has 1 saturated heterocycles. The normalized spacial score (nSPS) is 15.9. The first kappa shape index (κ1) is 18.8. The molecule has 0 spiro atoms. The zero-order valence-corrected chi connectivity index (χ0v) is 15.3. The molecular weight excluding hydrogens is 322 g/mol. The zero-order chi connectivity index (χ0) is 17.4. The van der Waals surface area contributed by atoms with Gasteiger partial charge in [0.05, 0.1) is 5.25 Å². The lowest BCUT2D eigenvalue weighted by molar-refractivity contribution is -0.120. The fourth-order valence-corrected chi connectivity index (χ4v) is 2.95. The number of nitrogens with zero attached hydrogens (tertiary/aromatic N) is 1. The number of carbonyl (C=O) groups excluding carboxylic acids is 2. The summed E-state index contributed by atoms with van der Waals surface area (Å²) in [6, 6.07) is 7.40. The molecule has 0 unspecified atom stereocenters. The highest BCUT2D eigenvalue weighted by Crippen LogP contribution is 2.08. The van der Waals surface area contributed by atoms with Gasteiger partial charge in [0, 0.05) is 25.2 Å². The molecule has 5 nitrogen and oxygen atoms in total. The van der Waals surface area contributed by atoms with Crippen LogP contribution in [0.3, 0.4) is 0 Å². The van der Waals surface area contributed by atoms with Crippen molar-refractivity contribution in [3.63, 3.8) is 0 Å². The highest BCUT2D eigenvalue weighted by molar-refractivity contribution is 7.99. The van der Waals surface area contributed by atoms with Crippen LogP contribution in [0.15, 0.2) is 24.3 Å². The van der Waals surface area contributed by atoms with Crippen LogP contribution in [-0.4, -0.2) is 54.4 Å². The van der Waals surface area contributed by atoms with Crippen LogP contribution < -0.4 is 10.6 Å². The molecule has 1 fully saturated rings. The standard InChI is InChI=1S/C18H27N3O2S/c1-14(24-2)17(22)20-13-15-5-7-16(8-6-15)18(23)19-9-12-21-10-3-4-11-21/h5-8,14H,3-4,9-13H2,1-2H3,(H,19,23)(H,20,22)/t14-/m1/s1. The molecule has 1 aliphatic heterocycles. The number of benzene rings is 1. The summed E-state index contributed by atoms with van der Waals surface area (Å²) in [7, 11) is 0. The lowest BCUT2D eigenvalue weighted by atomic mass is 10.1. The zero-order valence-electron chi connectivity index (χ0n) is 14.5. The molecule has 24 heavy (non-hydrogen) atoms. The quantitative estimate of drug-likeness (QED) is 0.752. The fraction of sp³-hybridized carbons (Fsp3) is 0.556. The Balaban J connectivity index is 1.73. The van der Waals surface area contributed by atoms with E-state index in [1.807, 2.05) is 37.4 Å². The van der Waals surface area contributed by atoms with Gasteiger partial charge in [-0.25, -0.2) is 0 Å². The van der Waals surface area contributed by atoms with E-state index in [1.54, 1.807) is 0 Å². The maximum Gasteiger partial charge on any atom is 0.251 e. The Labute approximate surface area is 148 Å². The van der Waals surface area contributed by atoms with Gasteiger partial charge in [-0.3, -0.25) is 9.59 Å². The number of hydrogen-bond donors (Lipinski definition) is 2. The minimum absolute atomic E-state index is 0.0335. The van der Waals surface area contributed by atoms with Crippen LogP contribution >= 0.6 is 11.8 Å². The van der Waals surface area contributed by atoms with Gasteiger partial charge in [-0.05, 0) is 56.8 Å². The first-order valence-corrected chi connectivity index (χ1v) is 9.79. The van der Waals surface area contributed by atoms with Crippen LogP contribution in [-0.2, 0) is 11.3 Å². The van der Waals surface area contributed by atoms with Gasteiger partial charge in [0.1, 0.15) is 0 Å². The third-order valence-corrected chi connectivity index (χ3v) is 5.24. The van der Waals surface area contributed by atoms with E-state index in [4.69, 9.17) is 0 Å². The molecule has 0 bridgehead atoms. The van der Waals surface area contributed by atoms with E-state index in [-0.39, 0.29) is 17.1 Å². The van der Waals surface area contributed by atoms with Crippen molar-refractivity contribution < 1.29 is 9.59 Å². The van der Waals surface area contributed by atoms with E-state index in [2.05, 4.69) is 15.5 Å². The second kappa shape index (κ2) is 9.69. The molecule has 0 aliphatic carbocycles. The number of thioether (sulfide) groups is 1. The Bertz CT molecular complexity index is 542. The summed E-state index contributed by atoms with van der Waals surface area (Å²) in [5, 5.41) is 5.81. The summed E-state index contributed by atoms with van der Waals surface area (Å²) >= 11 is 1.52. The van der Waals surface area contributed by atoms with Crippen LogP contribution in [0.1, 0.15) is 35.7 Å². The highest BCUT2D eigenvalue weighted by atomic mass is 32.2. The smallest absolute Gasteiger partial charge is 0.251 e. The Morgan fingerprint density at radius 1 is 1.17 bits per heavy atom. The van der Waals surface area contributed by atoms with Crippen molar-refractivity contribution in [2.45, 2.75) is 31.6 Å². The van der Waals surface area contributed by atoms with Gasteiger partial charge in [-0.1, -0.05) is 12.1 Å². The molecule has 0 aromatic heterocycles. The predicted molar refractivity (Wildman–Crippen MR) is 99.3 cm³/mol. The van der Waals surface area contributed by atoms with Crippen LogP contribution in [0.25, 0.3) is 0 Å². The third-order valence-electron chi connectivity index (χ3n) is 4.32. The first-order chi connectivity index (χ1) is 11.6. The molecule has 1 atom stereocenters. The van der Waals surface area contributed by atoms with E-state index in [9.17, 15) is 9.59 Å². The summed E-state index contributed by atoms with van der Waals surface area (Å²) in [5.41, 5.74) is 1.65. The molecule has 0 radical (unpaired) electrons. The average molecular weight is 350 g/mol. The van der Waals surface area contributed by atoms with Crippen molar-refractivity contribution in [2.24, 2.45) is 0 Å². The SMILES string of the molecule is CS[C@H](C)C(=O)NCc1ccc(C(=O)NCCN2CCCC2)cc1. The van der Waals surface area contributed by atoms with Crippen LogP contribution in [0.5, 0.6) is 0 Å². The van der Waals surface area contributed by atoms with Gasteiger partial charge >= 0.3 is 0 Å². The topological polar surface area (TPSA) is 61.4 Å². The van der Waals surface area contributed by atoms with Crippen LogP contribution in [0.4, 0.5) is 0 Å². The molecule has 2 N–H and O–H groups in total. The van der Waals surface area contributed by atoms with Crippen molar-refractivity contribution in [3.8, 4) is 0 Å². The Morgan fingerprint density at radius 2 is 1.83 bits per heavy atom. The van der Waals surface area contributed by atoms with Crippen LogP contribution in [0.2, 0.25) is 0 Å². The summed E-state index contributed by atoms with van der Waals surface area (Å²) in [4.78, 5) is 26.2. The Hall–Kier alpha value is -1.53. The molecule has 132 valence electrons. The molecule has 0 saturated carbocycles. The Morgan fingerprint density at radius 3 is 2.46 bits per heavy atom. The molecule has 2 amide bonds. The first-order valence-electron chi connectivity index (χ1n) is 8.50. The maximum atomic E-state index is 12.1. The second-order valence-electron chi connectivity index (χ2n) is 6.10. The number of rotatable bonds is 8. The highest BCUT2D eigenvalue weighted by Gasteiger charge is 2.12. The van der Waals surface area contributed by atoms with Crippen LogP contribution in [0, 0.1) is 0 Å². The van der Waals surface area contributed by atoms with Gasteiger partial charge in [-0.15, -0.1) is 0 Å². The third kappa shape index (κ3) is 5.83. The summed E-state index contributed by atoms with van der Waals surface area (Å²) in [6.07, 6.45) is 4.45. The number of hydrogen-bond acceptors (Lipinski definition) is 4. The van der Waals surface area contributed by atoms with Crippen molar-refractivity contribution in [2.75, 3.05) is 32.4 Å². The summed E-state index contributed by atoms with van der Waals surface area (Å²) in [5.74, 6) is -0.00739. The molecule has 1 aliphatic rings. The van der Waals surface area contributed by atoms with E-state index in [1.165, 1.54) is 24.6 Å². The lowest BCUT2D eigenvalue weighted by Gasteiger charge is -2.14. The Kier molecular flexibility index (Phi) is 7.59. The van der Waals surface area contributed by atoms with Crippen molar-refractivity contribution in [1.29, 1.82) is 0 Å². The van der Waals surface area contributed by atoms with E-state index < -0.39 is 0 Å². The molecule has 2 rings (SSSR count). The molecule has 6 heteroatoms. The van der Waals surface area contributed by atoms with Gasteiger partial charge in [0.2, 0.25) is 5.91 Å². The minimum atomic E-state index is -0.0503. The lowest BCUT2D eigenvalue weighted by Crippen LogP contribution is -2.33. The van der Waals surface area contributed by atoms with E-state index >= 15 is 0 Å². The molecule has 1 aromatic carbocycles. The maximum absolute atomic E-state index is 12.1. The van der Waals surface area contributed by atoms with E-state index in [0.29, 0.717) is 18.7 Å². The minimum Gasteiger partial charge on any atom is -0.351 e. The number of nitrogens with one attached hydrogen (secondary N) is 2. The number of carbonyl (C=O) groups is 2. The van der Waals surface area contributed by atoms with Gasteiger partial charge in [0.25, 0.3) is 5.91 Å². The summed E-state index contributed by atoms with van der Waals surface area (Å²) in [6.45, 7) is 6.26. The van der Waals surface area contributed by atoms with E-state index in [0.717, 1.165) is 25.2 Å². The fourth-order valence-electron chi connectivity index (χ4n) is 2.65. The monoisotopic (exact) mass is 349 g/mol. The number of likely N-dealkylation sites (tertiary alicyclic amines) is 1. The second-order valence-corrected chi connectivity index (χ2v) is 7.28. The van der Waals surface area contributed by atoms with Crippen molar-refractivity contribution >= 4 is 23.6 Å². The predicted octanol–water partition coefficient (Wildman–Crippen LogP) is 1.88. The largest absolute Gasteiger partial charge is 0.351 e. The van der Waals surface area contributed by atoms with Crippen molar-refractivity contribution in [3.05, 3.63) is 35.4 Å². The molecule has 1 aromatic rings. The average Bonchev–Trinajstić information content (AvgIpc) is 3.12. The number of amides is 2. The van der Waals surface area contributed by atoms with Gasteiger partial charge in [0.15, 0.2) is 0 Å². The van der Waals surface area contributed by atoms with Gasteiger partial charge < -0.3 is 15.5 Å². The van der Waals surface area contributed by atoms with Gasteiger partial charge in [-0.2, -0.15) is 11.8 Å². The van der Waals surface area contributed by atoms with Crippen molar-refractivity contribution in [1.82, 2.24) is 15.5 Å². The summed E-state index contributed by atoms with van der Waals surface area (Å²) < 4.78 is 0. The molecule has 1 heterocycles.